The second-order valence-electron chi connectivity index (χ2n) is 7.02. The van der Waals surface area contributed by atoms with Crippen LogP contribution in [0.1, 0.15) is 25.5 Å². The normalized spacial score (nSPS) is 15.0. The van der Waals surface area contributed by atoms with Gasteiger partial charge in [-0.1, -0.05) is 12.1 Å². The Balaban J connectivity index is 1.54. The van der Waals surface area contributed by atoms with Gasteiger partial charge in [-0.05, 0) is 55.9 Å². The van der Waals surface area contributed by atoms with Gasteiger partial charge in [-0.15, -0.1) is 0 Å². The number of likely N-dealkylation sites (tertiary alicyclic amines) is 1. The molecule has 0 spiro atoms. The van der Waals surface area contributed by atoms with Crippen LogP contribution in [0.25, 0.3) is 21.9 Å². The number of aromatic nitrogens is 3. The summed E-state index contributed by atoms with van der Waals surface area (Å²) in [7, 11) is 0. The van der Waals surface area contributed by atoms with E-state index < -0.39 is 0 Å². The first-order valence-electron chi connectivity index (χ1n) is 9.37. The van der Waals surface area contributed by atoms with E-state index in [1.165, 1.54) is 12.8 Å². The van der Waals surface area contributed by atoms with Gasteiger partial charge in [0.15, 0.2) is 5.78 Å². The van der Waals surface area contributed by atoms with Crippen LogP contribution in [0.5, 0.6) is 0 Å². The van der Waals surface area contributed by atoms with Gasteiger partial charge < -0.3 is 0 Å². The number of carbonyl (C=O) groups excluding carboxylic acids is 1. The highest BCUT2D eigenvalue weighted by Gasteiger charge is 2.15. The number of Topliss-reactive ketones (excluding diaryl/α,β-unsaturated/α-hetero) is 1. The van der Waals surface area contributed by atoms with Crippen LogP contribution >= 0.6 is 0 Å². The van der Waals surface area contributed by atoms with E-state index in [4.69, 9.17) is 0 Å². The highest BCUT2D eigenvalue weighted by molar-refractivity contribution is 5.88. The second-order valence-corrected chi connectivity index (χ2v) is 7.02. The first-order chi connectivity index (χ1) is 12.7. The van der Waals surface area contributed by atoms with E-state index in [2.05, 4.69) is 46.3 Å². The van der Waals surface area contributed by atoms with Crippen molar-refractivity contribution in [1.29, 1.82) is 0 Å². The van der Waals surface area contributed by atoms with Crippen LogP contribution in [-0.4, -0.2) is 45.1 Å². The fourth-order valence-corrected chi connectivity index (χ4v) is 3.60. The molecule has 0 bridgehead atoms. The lowest BCUT2D eigenvalue weighted by atomic mass is 10.0. The van der Waals surface area contributed by atoms with Gasteiger partial charge in [-0.3, -0.25) is 19.4 Å². The molecule has 0 unspecified atom stereocenters. The van der Waals surface area contributed by atoms with Crippen LogP contribution in [0, 0.1) is 0 Å². The van der Waals surface area contributed by atoms with Crippen LogP contribution in [0.15, 0.2) is 42.9 Å². The summed E-state index contributed by atoms with van der Waals surface area (Å²) in [5, 5.41) is 6.56. The van der Waals surface area contributed by atoms with Gasteiger partial charge in [0.05, 0.1) is 19.2 Å². The Morgan fingerprint density at radius 2 is 1.92 bits per heavy atom. The monoisotopic (exact) mass is 348 g/mol. The average molecular weight is 348 g/mol. The molecule has 5 heteroatoms. The number of rotatable bonds is 6. The van der Waals surface area contributed by atoms with Crippen molar-refractivity contribution in [1.82, 2.24) is 19.7 Å². The molecule has 0 amide bonds. The number of pyridine rings is 1. The van der Waals surface area contributed by atoms with E-state index in [1.807, 2.05) is 23.1 Å². The molecule has 2 aromatic heterocycles. The molecule has 1 aliphatic rings. The maximum absolute atomic E-state index is 12.3. The van der Waals surface area contributed by atoms with Crippen molar-refractivity contribution in [2.75, 3.05) is 19.6 Å². The molecule has 5 nitrogen and oxygen atoms in total. The molecule has 1 aromatic carbocycles. The third-order valence-electron chi connectivity index (χ3n) is 5.05. The van der Waals surface area contributed by atoms with Crippen molar-refractivity contribution >= 4 is 16.6 Å². The molecule has 1 fully saturated rings. The summed E-state index contributed by atoms with van der Waals surface area (Å²) in [6.45, 7) is 5.59. The zero-order valence-corrected chi connectivity index (χ0v) is 15.2. The molecule has 3 heterocycles. The Morgan fingerprint density at radius 1 is 1.08 bits per heavy atom. The molecule has 4 rings (SSSR count). The maximum Gasteiger partial charge on any atom is 0.152 e. The fraction of sp³-hybridized carbons (Fsp3) is 0.381. The van der Waals surface area contributed by atoms with Crippen LogP contribution in [0.3, 0.4) is 0 Å². The van der Waals surface area contributed by atoms with Gasteiger partial charge >= 0.3 is 0 Å². The van der Waals surface area contributed by atoms with Crippen molar-refractivity contribution in [3.05, 3.63) is 48.5 Å². The summed E-state index contributed by atoms with van der Waals surface area (Å²) in [5.41, 5.74) is 3.10. The van der Waals surface area contributed by atoms with Gasteiger partial charge in [-0.25, -0.2) is 0 Å². The van der Waals surface area contributed by atoms with Crippen molar-refractivity contribution < 1.29 is 4.79 Å². The van der Waals surface area contributed by atoms with Crippen LogP contribution in [0.4, 0.5) is 0 Å². The third kappa shape index (κ3) is 3.68. The zero-order chi connectivity index (χ0) is 17.9. The summed E-state index contributed by atoms with van der Waals surface area (Å²) in [6.07, 6.45) is 8.64. The number of benzene rings is 1. The molecule has 26 heavy (non-hydrogen) atoms. The molecule has 1 aliphatic heterocycles. The molecule has 0 saturated carbocycles. The fourth-order valence-electron chi connectivity index (χ4n) is 3.60. The van der Waals surface area contributed by atoms with E-state index >= 15 is 0 Å². The lowest BCUT2D eigenvalue weighted by molar-refractivity contribution is -0.119. The largest absolute Gasteiger partial charge is 0.298 e. The topological polar surface area (TPSA) is 51.0 Å². The summed E-state index contributed by atoms with van der Waals surface area (Å²) in [6, 6.07) is 8.38. The van der Waals surface area contributed by atoms with Crippen molar-refractivity contribution in [2.45, 2.75) is 32.7 Å². The van der Waals surface area contributed by atoms with Gasteiger partial charge in [0.25, 0.3) is 0 Å². The van der Waals surface area contributed by atoms with E-state index in [0.717, 1.165) is 47.2 Å². The van der Waals surface area contributed by atoms with Crippen molar-refractivity contribution in [3.63, 3.8) is 0 Å². The second kappa shape index (κ2) is 7.38. The Bertz CT molecular complexity index is 925. The quantitative estimate of drug-likeness (QED) is 0.686. The molecule has 134 valence electrons. The highest BCUT2D eigenvalue weighted by Crippen LogP contribution is 2.24. The van der Waals surface area contributed by atoms with Crippen LogP contribution < -0.4 is 0 Å². The Kier molecular flexibility index (Phi) is 4.80. The standard InChI is InChI=1S/C21H24N4O/c1-2-25-14-19(13-23-25)16-5-6-17-12-22-20(10-18(17)9-16)11-21(26)15-24-7-3-4-8-24/h5-6,9-10,12-14H,2-4,7-8,11,15H2,1H3. The average Bonchev–Trinajstić information content (AvgIpc) is 3.32. The molecular formula is C21H24N4O. The van der Waals surface area contributed by atoms with E-state index in [0.29, 0.717) is 13.0 Å². The minimum absolute atomic E-state index is 0.249. The van der Waals surface area contributed by atoms with Crippen molar-refractivity contribution in [2.24, 2.45) is 0 Å². The smallest absolute Gasteiger partial charge is 0.152 e. The van der Waals surface area contributed by atoms with Gasteiger partial charge in [0, 0.05) is 35.6 Å². The predicted molar refractivity (Wildman–Crippen MR) is 103 cm³/mol. The number of hydrogen-bond acceptors (Lipinski definition) is 4. The molecule has 3 aromatic rings. The van der Waals surface area contributed by atoms with Gasteiger partial charge in [0.2, 0.25) is 0 Å². The number of hydrogen-bond donors (Lipinski definition) is 0. The lowest BCUT2D eigenvalue weighted by Crippen LogP contribution is -2.27. The van der Waals surface area contributed by atoms with Crippen LogP contribution in [-0.2, 0) is 17.8 Å². The first-order valence-corrected chi connectivity index (χ1v) is 9.37. The first kappa shape index (κ1) is 16.9. The summed E-state index contributed by atoms with van der Waals surface area (Å²) in [5.74, 6) is 0.249. The number of aryl methyl sites for hydroxylation is 1. The summed E-state index contributed by atoms with van der Waals surface area (Å²) in [4.78, 5) is 19.1. The number of fused-ring (bicyclic) bond motifs is 1. The Morgan fingerprint density at radius 3 is 2.69 bits per heavy atom. The third-order valence-corrected chi connectivity index (χ3v) is 5.05. The molecule has 0 radical (unpaired) electrons. The molecule has 0 N–H and O–H groups in total. The number of ketones is 1. The van der Waals surface area contributed by atoms with Gasteiger partial charge in [-0.2, -0.15) is 5.10 Å². The van der Waals surface area contributed by atoms with Crippen LogP contribution in [0.2, 0.25) is 0 Å². The zero-order valence-electron chi connectivity index (χ0n) is 15.2. The SMILES string of the molecule is CCn1cc(-c2ccc3cnc(CC(=O)CN4CCCC4)cc3c2)cn1. The summed E-state index contributed by atoms with van der Waals surface area (Å²) < 4.78 is 1.93. The molecule has 1 saturated heterocycles. The number of carbonyl (C=O) groups is 1. The predicted octanol–water partition coefficient (Wildman–Crippen LogP) is 3.33. The Labute approximate surface area is 153 Å². The molecule has 0 aliphatic carbocycles. The molecule has 0 atom stereocenters. The van der Waals surface area contributed by atoms with Crippen molar-refractivity contribution in [3.8, 4) is 11.1 Å². The Hall–Kier alpha value is -2.53. The van der Waals surface area contributed by atoms with E-state index in [-0.39, 0.29) is 5.78 Å². The highest BCUT2D eigenvalue weighted by atomic mass is 16.1. The minimum atomic E-state index is 0.249. The van der Waals surface area contributed by atoms with E-state index in [1.54, 1.807) is 0 Å². The van der Waals surface area contributed by atoms with Gasteiger partial charge in [0.1, 0.15) is 0 Å². The summed E-state index contributed by atoms with van der Waals surface area (Å²) >= 11 is 0. The maximum atomic E-state index is 12.3. The number of nitrogens with zero attached hydrogens (tertiary/aromatic N) is 4. The molecular weight excluding hydrogens is 324 g/mol. The lowest BCUT2D eigenvalue weighted by Gasteiger charge is -2.13. The van der Waals surface area contributed by atoms with E-state index in [9.17, 15) is 4.79 Å². The minimum Gasteiger partial charge on any atom is -0.298 e.